The number of carbonyl (C=O) groups is 3. The quantitative estimate of drug-likeness (QED) is 0.386. The number of carboxylic acid groups (broad SMARTS) is 1. The molecule has 0 bridgehead atoms. The number of carbonyl (C=O) groups excluding carboxylic acids is 2. The van der Waals surface area contributed by atoms with E-state index in [0.717, 1.165) is 34.4 Å². The van der Waals surface area contributed by atoms with Crippen molar-refractivity contribution in [2.45, 2.75) is 18.4 Å². The van der Waals surface area contributed by atoms with Crippen LogP contribution in [0.4, 0.5) is 19.3 Å². The number of halogens is 3. The molecule has 0 aliphatic heterocycles. The molecule has 0 heterocycles. The predicted molar refractivity (Wildman–Crippen MR) is 127 cm³/mol. The number of rotatable bonds is 7. The van der Waals surface area contributed by atoms with Crippen LogP contribution in [-0.2, 0) is 14.3 Å². The molecule has 10 heteroatoms. The molecule has 0 aromatic heterocycles. The number of ether oxygens (including phenoxy) is 1. The van der Waals surface area contributed by atoms with Crippen molar-refractivity contribution in [1.82, 2.24) is 5.32 Å². The Morgan fingerprint density at radius 1 is 0.971 bits per heavy atom. The maximum absolute atomic E-state index is 14.1. The highest BCUT2D eigenvalue weighted by atomic mass is 79.9. The Morgan fingerprint density at radius 3 is 2.06 bits per heavy atom. The summed E-state index contributed by atoms with van der Waals surface area (Å²) >= 11 is 2.93. The van der Waals surface area contributed by atoms with E-state index in [4.69, 9.17) is 9.84 Å². The molecule has 0 fully saturated rings. The lowest BCUT2D eigenvalue weighted by Crippen LogP contribution is -2.45. The Morgan fingerprint density at radius 2 is 1.51 bits per heavy atom. The predicted octanol–water partition coefficient (Wildman–Crippen LogP) is 5.05. The average molecular weight is 545 g/mol. The number of hydrogen-bond donors (Lipinski definition) is 3. The fourth-order valence-electron chi connectivity index (χ4n) is 4.04. The second-order valence-corrected chi connectivity index (χ2v) is 8.77. The smallest absolute Gasteiger partial charge is 0.407 e. The molecule has 3 aromatic carbocycles. The standard InChI is InChI=1S/C25H19BrF2N2O5/c26-13-9-19(27)23(20(28)10-13)30-24(33)21(11-22(31)32)29-25(34)35-12-18-16-7-3-1-5-14(16)15-6-2-4-8-17(15)18/h1-10,18,21H,11-12H2,(H,29,34)(H,30,33)(H,31,32). The van der Waals surface area contributed by atoms with Crippen LogP contribution >= 0.6 is 15.9 Å². The Kier molecular flexibility index (Phi) is 7.11. The monoisotopic (exact) mass is 544 g/mol. The topological polar surface area (TPSA) is 105 Å². The second kappa shape index (κ2) is 10.2. The largest absolute Gasteiger partial charge is 0.481 e. The molecule has 1 aliphatic rings. The summed E-state index contributed by atoms with van der Waals surface area (Å²) in [7, 11) is 0. The Bertz CT molecular complexity index is 1250. The highest BCUT2D eigenvalue weighted by molar-refractivity contribution is 9.10. The maximum atomic E-state index is 14.1. The number of benzene rings is 3. The van der Waals surface area contributed by atoms with E-state index in [9.17, 15) is 23.2 Å². The zero-order valence-corrected chi connectivity index (χ0v) is 19.6. The first kappa shape index (κ1) is 24.3. The van der Waals surface area contributed by atoms with E-state index >= 15 is 0 Å². The van der Waals surface area contributed by atoms with E-state index in [1.54, 1.807) is 0 Å². The van der Waals surface area contributed by atoms with E-state index in [2.05, 4.69) is 21.2 Å². The molecule has 180 valence electrons. The summed E-state index contributed by atoms with van der Waals surface area (Å²) in [6.45, 7) is -0.0583. The van der Waals surface area contributed by atoms with Crippen molar-refractivity contribution in [3.8, 4) is 11.1 Å². The molecule has 1 aliphatic carbocycles. The molecular formula is C25H19BrF2N2O5. The third kappa shape index (κ3) is 5.32. The zero-order chi connectivity index (χ0) is 25.1. The van der Waals surface area contributed by atoms with Gasteiger partial charge in [-0.3, -0.25) is 9.59 Å². The summed E-state index contributed by atoms with van der Waals surface area (Å²) in [5, 5.41) is 13.3. The molecule has 3 aromatic rings. The third-order valence-corrected chi connectivity index (χ3v) is 6.04. The van der Waals surface area contributed by atoms with E-state index in [-0.39, 0.29) is 17.0 Å². The lowest BCUT2D eigenvalue weighted by Gasteiger charge is -2.19. The fourth-order valence-corrected chi connectivity index (χ4v) is 4.44. The van der Waals surface area contributed by atoms with Gasteiger partial charge in [-0.25, -0.2) is 13.6 Å². The number of anilines is 1. The van der Waals surface area contributed by atoms with Crippen LogP contribution in [0.15, 0.2) is 65.1 Å². The minimum Gasteiger partial charge on any atom is -0.481 e. The van der Waals surface area contributed by atoms with Crippen LogP contribution in [0.5, 0.6) is 0 Å². The molecule has 1 unspecified atom stereocenters. The van der Waals surface area contributed by atoms with Crippen LogP contribution in [0.2, 0.25) is 0 Å². The van der Waals surface area contributed by atoms with Gasteiger partial charge in [-0.2, -0.15) is 0 Å². The summed E-state index contributed by atoms with van der Waals surface area (Å²) < 4.78 is 33.6. The minimum atomic E-state index is -1.63. The molecule has 35 heavy (non-hydrogen) atoms. The van der Waals surface area contributed by atoms with Gasteiger partial charge in [0.05, 0.1) is 6.42 Å². The van der Waals surface area contributed by atoms with E-state index in [1.165, 1.54) is 0 Å². The van der Waals surface area contributed by atoms with Crippen molar-refractivity contribution in [2.24, 2.45) is 0 Å². The van der Waals surface area contributed by atoms with E-state index in [1.807, 2.05) is 53.8 Å². The first-order valence-corrected chi connectivity index (χ1v) is 11.3. The van der Waals surface area contributed by atoms with Gasteiger partial charge in [-0.05, 0) is 34.4 Å². The summed E-state index contributed by atoms with van der Waals surface area (Å²) in [5.74, 6) is -4.89. The lowest BCUT2D eigenvalue weighted by atomic mass is 9.98. The van der Waals surface area contributed by atoms with Crippen LogP contribution in [0.1, 0.15) is 23.5 Å². The number of carboxylic acids is 1. The first-order valence-electron chi connectivity index (χ1n) is 10.5. The van der Waals surface area contributed by atoms with Crippen LogP contribution < -0.4 is 10.6 Å². The van der Waals surface area contributed by atoms with Gasteiger partial charge in [-0.15, -0.1) is 0 Å². The number of aliphatic carboxylic acids is 1. The first-order chi connectivity index (χ1) is 16.7. The van der Waals surface area contributed by atoms with Gasteiger partial charge in [0.25, 0.3) is 0 Å². The molecule has 4 rings (SSSR count). The van der Waals surface area contributed by atoms with E-state index in [0.29, 0.717) is 0 Å². The molecule has 0 saturated carbocycles. The highest BCUT2D eigenvalue weighted by Gasteiger charge is 2.30. The molecule has 0 radical (unpaired) electrons. The number of alkyl carbamates (subject to hydrolysis) is 1. The molecular weight excluding hydrogens is 526 g/mol. The van der Waals surface area contributed by atoms with Crippen LogP contribution in [0, 0.1) is 11.6 Å². The summed E-state index contributed by atoms with van der Waals surface area (Å²) in [6.07, 6.45) is -1.86. The van der Waals surface area contributed by atoms with Gasteiger partial charge < -0.3 is 20.5 Å². The molecule has 7 nitrogen and oxygen atoms in total. The van der Waals surface area contributed by atoms with Crippen molar-refractivity contribution in [3.63, 3.8) is 0 Å². The molecule has 0 saturated heterocycles. The minimum absolute atomic E-state index is 0.0583. The molecule has 2 amide bonds. The van der Waals surface area contributed by atoms with Crippen molar-refractivity contribution < 1.29 is 33.0 Å². The summed E-state index contributed by atoms with van der Waals surface area (Å²) in [4.78, 5) is 36.3. The van der Waals surface area contributed by atoms with Gasteiger partial charge in [0, 0.05) is 10.4 Å². The summed E-state index contributed by atoms with van der Waals surface area (Å²) in [6, 6.07) is 15.6. The van der Waals surface area contributed by atoms with Gasteiger partial charge in [0.15, 0.2) is 11.6 Å². The lowest BCUT2D eigenvalue weighted by molar-refractivity contribution is -0.139. The number of nitrogens with one attached hydrogen (secondary N) is 2. The maximum Gasteiger partial charge on any atom is 0.407 e. The number of fused-ring (bicyclic) bond motifs is 3. The van der Waals surface area contributed by atoms with Gasteiger partial charge in [0.1, 0.15) is 18.3 Å². The van der Waals surface area contributed by atoms with Gasteiger partial charge in [0.2, 0.25) is 5.91 Å². The average Bonchev–Trinajstić information content (AvgIpc) is 3.13. The van der Waals surface area contributed by atoms with E-state index < -0.39 is 47.8 Å². The highest BCUT2D eigenvalue weighted by Crippen LogP contribution is 2.44. The molecule has 0 spiro atoms. The molecule has 3 N–H and O–H groups in total. The van der Waals surface area contributed by atoms with Crippen molar-refractivity contribution >= 4 is 39.6 Å². The zero-order valence-electron chi connectivity index (χ0n) is 18.1. The third-order valence-electron chi connectivity index (χ3n) is 5.59. The van der Waals surface area contributed by atoms with Crippen molar-refractivity contribution in [3.05, 3.63) is 87.9 Å². The Labute approximate surface area is 207 Å². The van der Waals surface area contributed by atoms with Crippen LogP contribution in [0.3, 0.4) is 0 Å². The van der Waals surface area contributed by atoms with Gasteiger partial charge >= 0.3 is 12.1 Å². The summed E-state index contributed by atoms with van der Waals surface area (Å²) in [5.41, 5.74) is 3.24. The SMILES string of the molecule is O=C(O)CC(NC(=O)OCC1c2ccccc2-c2ccccc21)C(=O)Nc1c(F)cc(Br)cc1F. The van der Waals surface area contributed by atoms with Crippen LogP contribution in [0.25, 0.3) is 11.1 Å². The van der Waals surface area contributed by atoms with Crippen molar-refractivity contribution in [2.75, 3.05) is 11.9 Å². The van der Waals surface area contributed by atoms with Gasteiger partial charge in [-0.1, -0.05) is 64.5 Å². The Hall–Kier alpha value is -3.79. The van der Waals surface area contributed by atoms with Crippen molar-refractivity contribution in [1.29, 1.82) is 0 Å². The number of hydrogen-bond acceptors (Lipinski definition) is 4. The Balaban J connectivity index is 1.45. The number of amides is 2. The fraction of sp³-hybridized carbons (Fsp3) is 0.160. The molecule has 1 atom stereocenters. The second-order valence-electron chi connectivity index (χ2n) is 7.85. The van der Waals surface area contributed by atoms with Crippen LogP contribution in [-0.4, -0.2) is 35.7 Å². The normalized spacial score (nSPS) is 12.9.